The van der Waals surface area contributed by atoms with E-state index in [1.165, 1.54) is 11.3 Å². The Kier molecular flexibility index (Phi) is 3.01. The minimum atomic E-state index is -4.47. The van der Waals surface area contributed by atoms with E-state index < -0.39 is 11.9 Å². The molecule has 0 spiro atoms. The van der Waals surface area contributed by atoms with Crippen molar-refractivity contribution in [2.24, 2.45) is 0 Å². The highest BCUT2D eigenvalue weighted by Crippen LogP contribution is 2.27. The van der Waals surface area contributed by atoms with Crippen molar-refractivity contribution in [1.82, 2.24) is 9.78 Å². The molecule has 0 aliphatic carbocycles. The maximum absolute atomic E-state index is 12.3. The molecular weight excluding hydrogens is 253 g/mol. The molecule has 2 aromatic rings. The van der Waals surface area contributed by atoms with Gasteiger partial charge in [-0.15, -0.1) is 11.3 Å². The van der Waals surface area contributed by atoms with Gasteiger partial charge in [0.15, 0.2) is 11.5 Å². The predicted octanol–water partition coefficient (Wildman–Crippen LogP) is 2.85. The Morgan fingerprint density at radius 3 is 2.71 bits per heavy atom. The highest BCUT2D eigenvalue weighted by molar-refractivity contribution is 7.12. The third-order valence-electron chi connectivity index (χ3n) is 2.03. The summed E-state index contributed by atoms with van der Waals surface area (Å²) in [5, 5.41) is 5.04. The zero-order chi connectivity index (χ0) is 12.5. The Hall–Kier alpha value is -1.63. The molecule has 0 unspecified atom stereocenters. The van der Waals surface area contributed by atoms with Crippen molar-refractivity contribution in [1.29, 1.82) is 0 Å². The Morgan fingerprint density at radius 2 is 2.18 bits per heavy atom. The Balaban J connectivity index is 2.10. The monoisotopic (exact) mass is 260 g/mol. The summed E-state index contributed by atoms with van der Waals surface area (Å²) in [7, 11) is 0. The van der Waals surface area contributed by atoms with Crippen LogP contribution in [-0.2, 0) is 12.7 Å². The zero-order valence-electron chi connectivity index (χ0n) is 8.44. The van der Waals surface area contributed by atoms with Gasteiger partial charge < -0.3 is 0 Å². The van der Waals surface area contributed by atoms with Gasteiger partial charge in [0.2, 0.25) is 0 Å². The van der Waals surface area contributed by atoms with Gasteiger partial charge >= 0.3 is 6.18 Å². The topological polar surface area (TPSA) is 34.9 Å². The van der Waals surface area contributed by atoms with E-state index in [1.807, 2.05) is 0 Å². The summed E-state index contributed by atoms with van der Waals surface area (Å²) in [6, 6.07) is 4.19. The summed E-state index contributed by atoms with van der Waals surface area (Å²) in [5.74, 6) is -0.253. The Labute approximate surface area is 98.5 Å². The molecule has 0 radical (unpaired) electrons. The quantitative estimate of drug-likeness (QED) is 0.795. The van der Waals surface area contributed by atoms with Gasteiger partial charge in [0.25, 0.3) is 0 Å². The Morgan fingerprint density at radius 1 is 1.41 bits per heavy atom. The van der Waals surface area contributed by atoms with E-state index >= 15 is 0 Å². The molecule has 0 saturated carbocycles. The van der Waals surface area contributed by atoms with E-state index in [4.69, 9.17) is 0 Å². The fourth-order valence-electron chi connectivity index (χ4n) is 1.26. The highest BCUT2D eigenvalue weighted by Gasteiger charge is 2.33. The van der Waals surface area contributed by atoms with Crippen molar-refractivity contribution in [2.75, 3.05) is 0 Å². The molecule has 17 heavy (non-hydrogen) atoms. The average Bonchev–Trinajstić information content (AvgIpc) is 2.85. The summed E-state index contributed by atoms with van der Waals surface area (Å²) < 4.78 is 37.8. The standard InChI is InChI=1S/C10H7F3N2OS/c11-10(12,13)9-3-4-15(14-9)6-7(16)8-2-1-5-17-8/h1-5H,6H2. The summed E-state index contributed by atoms with van der Waals surface area (Å²) in [6.45, 7) is -0.184. The molecule has 0 bridgehead atoms. The molecule has 0 amide bonds. The van der Waals surface area contributed by atoms with Crippen LogP contribution in [0.1, 0.15) is 15.4 Å². The van der Waals surface area contributed by atoms with Gasteiger partial charge in [0.05, 0.1) is 4.88 Å². The maximum atomic E-state index is 12.3. The molecule has 3 nitrogen and oxygen atoms in total. The SMILES string of the molecule is O=C(Cn1ccc(C(F)(F)F)n1)c1cccs1. The number of rotatable bonds is 3. The number of thiophene rings is 1. The van der Waals surface area contributed by atoms with Crippen LogP contribution >= 0.6 is 11.3 Å². The molecule has 0 atom stereocenters. The lowest BCUT2D eigenvalue weighted by Gasteiger charge is -2.01. The molecule has 7 heteroatoms. The number of hydrogen-bond donors (Lipinski definition) is 0. The van der Waals surface area contributed by atoms with E-state index in [0.717, 1.165) is 16.9 Å². The van der Waals surface area contributed by atoms with Gasteiger partial charge in [-0.25, -0.2) is 0 Å². The van der Waals surface area contributed by atoms with Crippen molar-refractivity contribution >= 4 is 17.1 Å². The first-order chi connectivity index (χ1) is 7.97. The number of halogens is 3. The lowest BCUT2D eigenvalue weighted by molar-refractivity contribution is -0.141. The molecule has 2 heterocycles. The average molecular weight is 260 g/mol. The van der Waals surface area contributed by atoms with Crippen LogP contribution < -0.4 is 0 Å². The fourth-order valence-corrected chi connectivity index (χ4v) is 1.92. The number of alkyl halides is 3. The van der Waals surface area contributed by atoms with Gasteiger partial charge in [0.1, 0.15) is 6.54 Å². The zero-order valence-corrected chi connectivity index (χ0v) is 9.26. The first kappa shape index (κ1) is 11.8. The summed E-state index contributed by atoms with van der Waals surface area (Å²) in [4.78, 5) is 12.1. The van der Waals surface area contributed by atoms with Crippen molar-refractivity contribution < 1.29 is 18.0 Å². The lowest BCUT2D eigenvalue weighted by atomic mass is 10.3. The number of hydrogen-bond acceptors (Lipinski definition) is 3. The third-order valence-corrected chi connectivity index (χ3v) is 2.94. The fraction of sp³-hybridized carbons (Fsp3) is 0.200. The van der Waals surface area contributed by atoms with E-state index in [-0.39, 0.29) is 12.3 Å². The number of aromatic nitrogens is 2. The highest BCUT2D eigenvalue weighted by atomic mass is 32.1. The molecule has 0 saturated heterocycles. The molecule has 0 aromatic carbocycles. The van der Waals surface area contributed by atoms with Crippen molar-refractivity contribution in [3.63, 3.8) is 0 Å². The smallest absolute Gasteiger partial charge is 0.291 e. The normalized spacial score (nSPS) is 11.7. The van der Waals surface area contributed by atoms with Crippen LogP contribution in [0.2, 0.25) is 0 Å². The minimum absolute atomic E-state index is 0.184. The minimum Gasteiger partial charge on any atom is -0.291 e. The number of nitrogens with zero attached hydrogens (tertiary/aromatic N) is 2. The second-order valence-corrected chi connectivity index (χ2v) is 4.24. The van der Waals surface area contributed by atoms with Gasteiger partial charge in [-0.1, -0.05) is 6.07 Å². The molecule has 0 aliphatic rings. The number of carbonyl (C=O) groups excluding carboxylic acids is 1. The number of ketones is 1. The van der Waals surface area contributed by atoms with Crippen LogP contribution in [0.4, 0.5) is 13.2 Å². The summed E-state index contributed by atoms with van der Waals surface area (Å²) >= 11 is 1.25. The molecule has 2 rings (SSSR count). The molecule has 0 fully saturated rings. The van der Waals surface area contributed by atoms with E-state index in [2.05, 4.69) is 5.10 Å². The van der Waals surface area contributed by atoms with Crippen LogP contribution in [0.3, 0.4) is 0 Å². The lowest BCUT2D eigenvalue weighted by Crippen LogP contribution is -2.12. The third kappa shape index (κ3) is 2.73. The van der Waals surface area contributed by atoms with Crippen LogP contribution in [0.15, 0.2) is 29.8 Å². The van der Waals surface area contributed by atoms with E-state index in [1.54, 1.807) is 17.5 Å². The second kappa shape index (κ2) is 4.33. The van der Waals surface area contributed by atoms with Crippen LogP contribution in [0.5, 0.6) is 0 Å². The van der Waals surface area contributed by atoms with Crippen LogP contribution in [-0.4, -0.2) is 15.6 Å². The van der Waals surface area contributed by atoms with Crippen molar-refractivity contribution in [2.45, 2.75) is 12.7 Å². The summed E-state index contributed by atoms with van der Waals surface area (Å²) in [6.07, 6.45) is -3.33. The van der Waals surface area contributed by atoms with Gasteiger partial charge in [-0.05, 0) is 17.5 Å². The van der Waals surface area contributed by atoms with Gasteiger partial charge in [0, 0.05) is 6.20 Å². The molecule has 2 aromatic heterocycles. The second-order valence-electron chi connectivity index (χ2n) is 3.30. The predicted molar refractivity (Wildman–Crippen MR) is 55.9 cm³/mol. The Bertz CT molecular complexity index is 516. The van der Waals surface area contributed by atoms with Crippen LogP contribution in [0.25, 0.3) is 0 Å². The first-order valence-electron chi connectivity index (χ1n) is 4.64. The largest absolute Gasteiger partial charge is 0.435 e. The van der Waals surface area contributed by atoms with Crippen LogP contribution in [0, 0.1) is 0 Å². The van der Waals surface area contributed by atoms with Gasteiger partial charge in [-0.3, -0.25) is 9.48 Å². The molecule has 0 aliphatic heterocycles. The molecule has 0 N–H and O–H groups in total. The van der Waals surface area contributed by atoms with E-state index in [9.17, 15) is 18.0 Å². The number of carbonyl (C=O) groups is 1. The number of Topliss-reactive ketones (excluding diaryl/α,β-unsaturated/α-hetero) is 1. The van der Waals surface area contributed by atoms with Gasteiger partial charge in [-0.2, -0.15) is 18.3 Å². The molecular formula is C10H7F3N2OS. The van der Waals surface area contributed by atoms with Crippen molar-refractivity contribution in [3.8, 4) is 0 Å². The van der Waals surface area contributed by atoms with Crippen molar-refractivity contribution in [3.05, 3.63) is 40.3 Å². The molecule has 90 valence electrons. The van der Waals surface area contributed by atoms with E-state index in [0.29, 0.717) is 4.88 Å². The summed E-state index contributed by atoms with van der Waals surface area (Å²) in [5.41, 5.74) is -0.989. The maximum Gasteiger partial charge on any atom is 0.435 e. The first-order valence-corrected chi connectivity index (χ1v) is 5.52.